The quantitative estimate of drug-likeness (QED) is 0.513. The lowest BCUT2D eigenvalue weighted by Crippen LogP contribution is -2.50. The van der Waals surface area contributed by atoms with Crippen molar-refractivity contribution in [2.75, 3.05) is 46.3 Å². The Labute approximate surface area is 175 Å². The molecule has 0 radical (unpaired) electrons. The third kappa shape index (κ3) is 7.57. The number of carbonyl (C=O) groups is 1. The molecule has 29 heavy (non-hydrogen) atoms. The summed E-state index contributed by atoms with van der Waals surface area (Å²) in [6, 6.07) is 6.32. The average molecular weight is 404 g/mol. The lowest BCUT2D eigenvalue weighted by molar-refractivity contribution is -0.130. The summed E-state index contributed by atoms with van der Waals surface area (Å²) in [6.45, 7) is 13.8. The van der Waals surface area contributed by atoms with Crippen LogP contribution in [-0.4, -0.2) is 74.1 Å². The Kier molecular flexibility index (Phi) is 9.25. The standard InChI is InChI=1S/C22H37N5O2/c1-6-18(3)29-21-15-17(2)7-8-20(21)16-25-22(23-5)24-9-10-26-11-13-27(14-12-26)19(4)28/h7-8,15,18H,6,9-14,16H2,1-5H3,(H2,23,24,25). The highest BCUT2D eigenvalue weighted by atomic mass is 16.5. The summed E-state index contributed by atoms with van der Waals surface area (Å²) in [5.41, 5.74) is 2.32. The van der Waals surface area contributed by atoms with E-state index in [1.54, 1.807) is 14.0 Å². The molecule has 0 aliphatic carbocycles. The maximum absolute atomic E-state index is 11.4. The molecular formula is C22H37N5O2. The summed E-state index contributed by atoms with van der Waals surface area (Å²) in [5.74, 6) is 1.88. The molecule has 162 valence electrons. The Morgan fingerprint density at radius 2 is 1.97 bits per heavy atom. The van der Waals surface area contributed by atoms with Gasteiger partial charge in [0.05, 0.1) is 6.10 Å². The van der Waals surface area contributed by atoms with E-state index < -0.39 is 0 Å². The predicted molar refractivity (Wildman–Crippen MR) is 118 cm³/mol. The number of ether oxygens (including phenoxy) is 1. The molecule has 1 aromatic rings. The van der Waals surface area contributed by atoms with Gasteiger partial charge in [0, 0.05) is 65.3 Å². The van der Waals surface area contributed by atoms with Crippen molar-refractivity contribution in [2.24, 2.45) is 4.99 Å². The number of aryl methyl sites for hydroxylation is 1. The van der Waals surface area contributed by atoms with E-state index in [1.165, 1.54) is 5.56 Å². The molecule has 1 saturated heterocycles. The van der Waals surface area contributed by atoms with Gasteiger partial charge in [0.25, 0.3) is 0 Å². The molecule has 1 unspecified atom stereocenters. The molecule has 1 aliphatic heterocycles. The first kappa shape index (κ1) is 23.0. The largest absolute Gasteiger partial charge is 0.490 e. The van der Waals surface area contributed by atoms with E-state index in [0.717, 1.165) is 63.0 Å². The predicted octanol–water partition coefficient (Wildman–Crippen LogP) is 2.00. The van der Waals surface area contributed by atoms with Gasteiger partial charge in [0.1, 0.15) is 5.75 Å². The van der Waals surface area contributed by atoms with Crippen LogP contribution >= 0.6 is 0 Å². The number of guanidine groups is 1. The van der Waals surface area contributed by atoms with Crippen molar-refractivity contribution in [3.63, 3.8) is 0 Å². The Morgan fingerprint density at radius 3 is 2.59 bits per heavy atom. The van der Waals surface area contributed by atoms with E-state index in [0.29, 0.717) is 6.54 Å². The molecule has 0 spiro atoms. The van der Waals surface area contributed by atoms with Crippen molar-refractivity contribution in [3.8, 4) is 5.75 Å². The Hall–Kier alpha value is -2.28. The van der Waals surface area contributed by atoms with Gasteiger partial charge in [0.2, 0.25) is 5.91 Å². The van der Waals surface area contributed by atoms with Gasteiger partial charge in [-0.3, -0.25) is 14.7 Å². The zero-order valence-electron chi connectivity index (χ0n) is 18.6. The number of nitrogens with one attached hydrogen (secondary N) is 2. The van der Waals surface area contributed by atoms with E-state index >= 15 is 0 Å². The van der Waals surface area contributed by atoms with Crippen molar-refractivity contribution in [1.29, 1.82) is 0 Å². The fourth-order valence-corrected chi connectivity index (χ4v) is 3.24. The number of rotatable bonds is 8. The topological polar surface area (TPSA) is 69.2 Å². The van der Waals surface area contributed by atoms with Crippen LogP contribution in [0, 0.1) is 6.92 Å². The summed E-state index contributed by atoms with van der Waals surface area (Å²) < 4.78 is 6.09. The number of benzene rings is 1. The summed E-state index contributed by atoms with van der Waals surface area (Å²) in [5, 5.41) is 6.76. The van der Waals surface area contributed by atoms with E-state index in [-0.39, 0.29) is 12.0 Å². The number of nitrogens with zero attached hydrogens (tertiary/aromatic N) is 3. The van der Waals surface area contributed by atoms with Crippen LogP contribution < -0.4 is 15.4 Å². The maximum atomic E-state index is 11.4. The van der Waals surface area contributed by atoms with E-state index in [9.17, 15) is 4.79 Å². The fraction of sp³-hybridized carbons (Fsp3) is 0.636. The average Bonchev–Trinajstić information content (AvgIpc) is 2.71. The van der Waals surface area contributed by atoms with Gasteiger partial charge in [-0.1, -0.05) is 19.1 Å². The van der Waals surface area contributed by atoms with Gasteiger partial charge < -0.3 is 20.3 Å². The normalized spacial score (nSPS) is 16.4. The highest BCUT2D eigenvalue weighted by Gasteiger charge is 2.18. The van der Waals surface area contributed by atoms with Crippen LogP contribution in [0.2, 0.25) is 0 Å². The molecule has 1 aromatic carbocycles. The highest BCUT2D eigenvalue weighted by molar-refractivity contribution is 5.79. The molecule has 0 bridgehead atoms. The van der Waals surface area contributed by atoms with Crippen molar-refractivity contribution < 1.29 is 9.53 Å². The van der Waals surface area contributed by atoms with E-state index in [4.69, 9.17) is 4.74 Å². The number of carbonyl (C=O) groups excluding carboxylic acids is 1. The molecule has 1 atom stereocenters. The van der Waals surface area contributed by atoms with E-state index in [2.05, 4.69) is 59.5 Å². The second-order valence-electron chi connectivity index (χ2n) is 7.65. The van der Waals surface area contributed by atoms with E-state index in [1.807, 2.05) is 4.90 Å². The third-order valence-corrected chi connectivity index (χ3v) is 5.33. The SMILES string of the molecule is CCC(C)Oc1cc(C)ccc1CNC(=NC)NCCN1CCN(C(C)=O)CC1. The molecule has 2 rings (SSSR count). The first-order valence-electron chi connectivity index (χ1n) is 10.6. The van der Waals surface area contributed by atoms with Crippen LogP contribution in [0.15, 0.2) is 23.2 Å². The zero-order valence-corrected chi connectivity index (χ0v) is 18.6. The minimum atomic E-state index is 0.167. The summed E-state index contributed by atoms with van der Waals surface area (Å²) in [4.78, 5) is 20.0. The molecule has 1 heterocycles. The van der Waals surface area contributed by atoms with Crippen LogP contribution in [0.5, 0.6) is 5.75 Å². The number of amides is 1. The zero-order chi connectivity index (χ0) is 21.2. The molecule has 1 aliphatic rings. The number of aliphatic imine (C=N–C) groups is 1. The molecule has 7 heteroatoms. The second kappa shape index (κ2) is 11.7. The Balaban J connectivity index is 1.79. The Bertz CT molecular complexity index is 684. The lowest BCUT2D eigenvalue weighted by atomic mass is 10.1. The van der Waals surface area contributed by atoms with Crippen LogP contribution in [0.4, 0.5) is 0 Å². The van der Waals surface area contributed by atoms with Crippen molar-refractivity contribution in [2.45, 2.75) is 46.8 Å². The molecule has 0 aromatic heterocycles. The summed E-state index contributed by atoms with van der Waals surface area (Å²) in [6.07, 6.45) is 1.17. The van der Waals surface area contributed by atoms with Gasteiger partial charge in [-0.05, 0) is 31.9 Å². The van der Waals surface area contributed by atoms with Gasteiger partial charge in [-0.25, -0.2) is 0 Å². The van der Waals surface area contributed by atoms with Gasteiger partial charge in [0.15, 0.2) is 5.96 Å². The van der Waals surface area contributed by atoms with Crippen molar-refractivity contribution in [1.82, 2.24) is 20.4 Å². The monoisotopic (exact) mass is 403 g/mol. The van der Waals surface area contributed by atoms with Crippen LogP contribution in [0.3, 0.4) is 0 Å². The minimum Gasteiger partial charge on any atom is -0.490 e. The minimum absolute atomic E-state index is 0.167. The summed E-state index contributed by atoms with van der Waals surface area (Å²) >= 11 is 0. The lowest BCUT2D eigenvalue weighted by Gasteiger charge is -2.34. The smallest absolute Gasteiger partial charge is 0.219 e. The van der Waals surface area contributed by atoms with Crippen LogP contribution in [-0.2, 0) is 11.3 Å². The molecule has 2 N–H and O–H groups in total. The van der Waals surface area contributed by atoms with Crippen molar-refractivity contribution in [3.05, 3.63) is 29.3 Å². The Morgan fingerprint density at radius 1 is 1.24 bits per heavy atom. The van der Waals surface area contributed by atoms with Gasteiger partial charge >= 0.3 is 0 Å². The fourth-order valence-electron chi connectivity index (χ4n) is 3.24. The van der Waals surface area contributed by atoms with Crippen LogP contribution in [0.1, 0.15) is 38.3 Å². The van der Waals surface area contributed by atoms with Crippen molar-refractivity contribution >= 4 is 11.9 Å². The number of hydrogen-bond acceptors (Lipinski definition) is 4. The molecule has 1 amide bonds. The molecular weight excluding hydrogens is 366 g/mol. The summed E-state index contributed by atoms with van der Waals surface area (Å²) in [7, 11) is 1.78. The first-order valence-corrected chi connectivity index (χ1v) is 10.6. The molecule has 7 nitrogen and oxygen atoms in total. The second-order valence-corrected chi connectivity index (χ2v) is 7.65. The molecule has 1 fully saturated rings. The maximum Gasteiger partial charge on any atom is 0.219 e. The van der Waals surface area contributed by atoms with Gasteiger partial charge in [-0.15, -0.1) is 0 Å². The van der Waals surface area contributed by atoms with Crippen LogP contribution in [0.25, 0.3) is 0 Å². The third-order valence-electron chi connectivity index (χ3n) is 5.33. The number of hydrogen-bond donors (Lipinski definition) is 2. The highest BCUT2D eigenvalue weighted by Crippen LogP contribution is 2.22. The molecule has 0 saturated carbocycles. The number of piperazine rings is 1. The first-order chi connectivity index (χ1) is 13.9. The van der Waals surface area contributed by atoms with Gasteiger partial charge in [-0.2, -0.15) is 0 Å².